The van der Waals surface area contributed by atoms with Gasteiger partial charge in [0.05, 0.1) is 12.4 Å². The number of rotatable bonds is 6. The lowest BCUT2D eigenvalue weighted by Crippen LogP contribution is -2.38. The van der Waals surface area contributed by atoms with Crippen molar-refractivity contribution in [3.8, 4) is 0 Å². The molecule has 100 valence electrons. The molecule has 0 radical (unpaired) electrons. The van der Waals surface area contributed by atoms with E-state index in [1.54, 1.807) is 6.20 Å². The lowest BCUT2D eigenvalue weighted by atomic mass is 10.3. The van der Waals surface area contributed by atoms with Gasteiger partial charge in [-0.3, -0.25) is 4.79 Å². The second kappa shape index (κ2) is 6.90. The van der Waals surface area contributed by atoms with E-state index in [4.69, 9.17) is 0 Å². The lowest BCUT2D eigenvalue weighted by Gasteiger charge is -2.19. The average molecular weight is 251 g/mol. The molecular formula is C12H21N5O. The fourth-order valence-electron chi connectivity index (χ4n) is 1.23. The number of hydrogen-bond acceptors (Lipinski definition) is 5. The predicted octanol–water partition coefficient (Wildman–Crippen LogP) is 0.588. The van der Waals surface area contributed by atoms with Gasteiger partial charge >= 0.3 is 0 Å². The van der Waals surface area contributed by atoms with Gasteiger partial charge in [0.25, 0.3) is 5.91 Å². The highest BCUT2D eigenvalue weighted by molar-refractivity contribution is 5.92. The van der Waals surface area contributed by atoms with Crippen molar-refractivity contribution in [3.63, 3.8) is 0 Å². The Morgan fingerprint density at radius 2 is 2.11 bits per heavy atom. The minimum Gasteiger partial charge on any atom is -0.369 e. The minimum absolute atomic E-state index is 0.195. The summed E-state index contributed by atoms with van der Waals surface area (Å²) in [6.07, 6.45) is 3.04. The number of nitrogens with one attached hydrogen (secondary N) is 2. The highest BCUT2D eigenvalue weighted by Crippen LogP contribution is 2.00. The molecule has 0 fully saturated rings. The van der Waals surface area contributed by atoms with Crippen LogP contribution in [0.4, 0.5) is 5.82 Å². The van der Waals surface area contributed by atoms with E-state index in [9.17, 15) is 4.79 Å². The Labute approximate surface area is 108 Å². The van der Waals surface area contributed by atoms with Gasteiger partial charge in [-0.1, -0.05) is 0 Å². The number of carbonyl (C=O) groups excluding carboxylic acids is 1. The molecule has 1 atom stereocenters. The molecule has 0 spiro atoms. The summed E-state index contributed by atoms with van der Waals surface area (Å²) in [6.45, 7) is 5.38. The van der Waals surface area contributed by atoms with Gasteiger partial charge in [0, 0.05) is 19.1 Å². The smallest absolute Gasteiger partial charge is 0.271 e. The average Bonchev–Trinajstić information content (AvgIpc) is 2.36. The zero-order valence-electron chi connectivity index (χ0n) is 11.4. The Balaban J connectivity index is 2.51. The van der Waals surface area contributed by atoms with Crippen LogP contribution in [0.3, 0.4) is 0 Å². The first kappa shape index (κ1) is 14.4. The quantitative estimate of drug-likeness (QED) is 0.774. The van der Waals surface area contributed by atoms with Crippen LogP contribution in [0.15, 0.2) is 12.4 Å². The van der Waals surface area contributed by atoms with Crippen LogP contribution in [-0.4, -0.2) is 54.0 Å². The Morgan fingerprint density at radius 3 is 2.61 bits per heavy atom. The second-order valence-electron chi connectivity index (χ2n) is 4.34. The molecule has 0 saturated heterocycles. The Morgan fingerprint density at radius 1 is 1.39 bits per heavy atom. The molecule has 1 aromatic rings. The van der Waals surface area contributed by atoms with E-state index < -0.39 is 0 Å². The molecule has 0 saturated carbocycles. The molecule has 0 aliphatic carbocycles. The molecule has 0 bridgehead atoms. The normalized spacial score (nSPS) is 12.3. The summed E-state index contributed by atoms with van der Waals surface area (Å²) in [7, 11) is 3.95. The van der Waals surface area contributed by atoms with E-state index >= 15 is 0 Å². The van der Waals surface area contributed by atoms with Crippen molar-refractivity contribution >= 4 is 11.7 Å². The van der Waals surface area contributed by atoms with Gasteiger partial charge in [-0.25, -0.2) is 9.97 Å². The van der Waals surface area contributed by atoms with Crippen molar-refractivity contribution < 1.29 is 4.79 Å². The largest absolute Gasteiger partial charge is 0.369 e. The minimum atomic E-state index is -0.195. The third kappa shape index (κ3) is 4.29. The summed E-state index contributed by atoms with van der Waals surface area (Å²) in [6, 6.07) is 0.281. The summed E-state index contributed by atoms with van der Waals surface area (Å²) >= 11 is 0. The summed E-state index contributed by atoms with van der Waals surface area (Å²) in [5, 5.41) is 5.85. The maximum absolute atomic E-state index is 11.8. The zero-order chi connectivity index (χ0) is 13.5. The van der Waals surface area contributed by atoms with Crippen LogP contribution in [0.2, 0.25) is 0 Å². The molecule has 0 aliphatic heterocycles. The van der Waals surface area contributed by atoms with Gasteiger partial charge in [0.2, 0.25) is 0 Å². The van der Waals surface area contributed by atoms with Crippen molar-refractivity contribution in [1.82, 2.24) is 20.2 Å². The van der Waals surface area contributed by atoms with Crippen LogP contribution in [0.5, 0.6) is 0 Å². The van der Waals surface area contributed by atoms with Gasteiger partial charge in [-0.05, 0) is 27.9 Å². The SMILES string of the molecule is CCNc1cnc(C(=O)NCC(C)N(C)C)cn1. The molecule has 1 aromatic heterocycles. The second-order valence-corrected chi connectivity index (χ2v) is 4.34. The first-order valence-electron chi connectivity index (χ1n) is 6.05. The summed E-state index contributed by atoms with van der Waals surface area (Å²) in [5.74, 6) is 0.481. The highest BCUT2D eigenvalue weighted by atomic mass is 16.1. The number of nitrogens with zero attached hydrogens (tertiary/aromatic N) is 3. The number of anilines is 1. The number of likely N-dealkylation sites (N-methyl/N-ethyl adjacent to an activating group) is 1. The number of carbonyl (C=O) groups is 1. The van der Waals surface area contributed by atoms with Gasteiger partial charge in [-0.2, -0.15) is 0 Å². The predicted molar refractivity (Wildman–Crippen MR) is 71.7 cm³/mol. The maximum Gasteiger partial charge on any atom is 0.271 e. The summed E-state index contributed by atoms with van der Waals surface area (Å²) < 4.78 is 0. The van der Waals surface area contributed by atoms with Gasteiger partial charge in [0.1, 0.15) is 11.5 Å². The fourth-order valence-corrected chi connectivity index (χ4v) is 1.23. The lowest BCUT2D eigenvalue weighted by molar-refractivity contribution is 0.0938. The van der Waals surface area contributed by atoms with Gasteiger partial charge < -0.3 is 15.5 Å². The van der Waals surface area contributed by atoms with E-state index in [1.807, 2.05) is 32.8 Å². The van der Waals surface area contributed by atoms with Crippen LogP contribution in [0.25, 0.3) is 0 Å². The Kier molecular flexibility index (Phi) is 5.51. The number of amides is 1. The van der Waals surface area contributed by atoms with E-state index in [-0.39, 0.29) is 11.9 Å². The Hall–Kier alpha value is -1.69. The molecule has 18 heavy (non-hydrogen) atoms. The van der Waals surface area contributed by atoms with Crippen molar-refractivity contribution in [2.75, 3.05) is 32.5 Å². The molecule has 1 unspecified atom stereocenters. The third-order valence-corrected chi connectivity index (χ3v) is 2.68. The fraction of sp³-hybridized carbons (Fsp3) is 0.583. The van der Waals surface area contributed by atoms with Crippen molar-refractivity contribution in [3.05, 3.63) is 18.1 Å². The maximum atomic E-state index is 11.8. The van der Waals surface area contributed by atoms with E-state index in [0.717, 1.165) is 6.54 Å². The molecular weight excluding hydrogens is 230 g/mol. The topological polar surface area (TPSA) is 70.2 Å². The van der Waals surface area contributed by atoms with Crippen LogP contribution in [0, 0.1) is 0 Å². The van der Waals surface area contributed by atoms with Gasteiger partial charge in [0.15, 0.2) is 0 Å². The molecule has 1 rings (SSSR count). The van der Waals surface area contributed by atoms with Crippen LogP contribution >= 0.6 is 0 Å². The molecule has 2 N–H and O–H groups in total. The summed E-state index contributed by atoms with van der Waals surface area (Å²) in [5.41, 5.74) is 0.336. The molecule has 6 heteroatoms. The van der Waals surface area contributed by atoms with Crippen molar-refractivity contribution in [2.45, 2.75) is 19.9 Å². The van der Waals surface area contributed by atoms with E-state index in [0.29, 0.717) is 18.1 Å². The number of aromatic nitrogens is 2. The van der Waals surface area contributed by atoms with Crippen LogP contribution in [-0.2, 0) is 0 Å². The molecule has 1 heterocycles. The first-order valence-corrected chi connectivity index (χ1v) is 6.05. The van der Waals surface area contributed by atoms with E-state index in [2.05, 4.69) is 20.6 Å². The van der Waals surface area contributed by atoms with Crippen LogP contribution < -0.4 is 10.6 Å². The monoisotopic (exact) mass is 251 g/mol. The third-order valence-electron chi connectivity index (χ3n) is 2.68. The van der Waals surface area contributed by atoms with Crippen molar-refractivity contribution in [2.24, 2.45) is 0 Å². The molecule has 1 amide bonds. The molecule has 6 nitrogen and oxygen atoms in total. The zero-order valence-corrected chi connectivity index (χ0v) is 11.4. The molecule has 0 aliphatic rings. The molecule has 0 aromatic carbocycles. The highest BCUT2D eigenvalue weighted by Gasteiger charge is 2.10. The van der Waals surface area contributed by atoms with Gasteiger partial charge in [-0.15, -0.1) is 0 Å². The van der Waals surface area contributed by atoms with E-state index in [1.165, 1.54) is 6.20 Å². The summed E-state index contributed by atoms with van der Waals surface area (Å²) in [4.78, 5) is 22.0. The van der Waals surface area contributed by atoms with Crippen molar-refractivity contribution in [1.29, 1.82) is 0 Å². The number of hydrogen-bond donors (Lipinski definition) is 2. The standard InChI is InChI=1S/C12H21N5O/c1-5-13-11-8-14-10(7-15-11)12(18)16-6-9(2)17(3)4/h7-9H,5-6H2,1-4H3,(H,13,15)(H,16,18). The van der Waals surface area contributed by atoms with Crippen LogP contribution in [0.1, 0.15) is 24.3 Å². The Bertz CT molecular complexity index is 377. The first-order chi connectivity index (χ1) is 8.54.